The van der Waals surface area contributed by atoms with Gasteiger partial charge in [-0.25, -0.2) is 0 Å². The second-order valence-corrected chi connectivity index (χ2v) is 2.82. The molecule has 0 radical (unpaired) electrons. The van der Waals surface area contributed by atoms with Gasteiger partial charge in [-0.3, -0.25) is 9.59 Å². The maximum Gasteiger partial charge on any atom is 0.307 e. The van der Waals surface area contributed by atoms with E-state index in [1.807, 2.05) is 0 Å². The van der Waals surface area contributed by atoms with Gasteiger partial charge in [0.25, 0.3) is 0 Å². The van der Waals surface area contributed by atoms with E-state index < -0.39 is 23.8 Å². The zero-order chi connectivity index (χ0) is 8.43. The molecule has 2 N–H and O–H groups in total. The lowest BCUT2D eigenvalue weighted by Crippen LogP contribution is -2.24. The van der Waals surface area contributed by atoms with Crippen molar-refractivity contribution in [1.82, 2.24) is 0 Å². The predicted molar refractivity (Wildman–Crippen MR) is 36.1 cm³/mol. The van der Waals surface area contributed by atoms with Crippen LogP contribution in [0.15, 0.2) is 0 Å². The molecule has 4 heteroatoms. The minimum atomic E-state index is -0.977. The summed E-state index contributed by atoms with van der Waals surface area (Å²) in [5.41, 5.74) is 0. The molecule has 2 atom stereocenters. The van der Waals surface area contributed by atoms with Crippen molar-refractivity contribution in [3.8, 4) is 0 Å². The largest absolute Gasteiger partial charge is 0.481 e. The van der Waals surface area contributed by atoms with Crippen molar-refractivity contribution < 1.29 is 19.8 Å². The Bertz CT molecular complexity index is 167. The summed E-state index contributed by atoms with van der Waals surface area (Å²) in [5, 5.41) is 17.1. The molecule has 1 fully saturated rings. The summed E-state index contributed by atoms with van der Waals surface area (Å²) < 4.78 is 0. The lowest BCUT2D eigenvalue weighted by Gasteiger charge is -2.09. The van der Waals surface area contributed by atoms with Gasteiger partial charge in [0.1, 0.15) is 0 Å². The maximum atomic E-state index is 10.5. The topological polar surface area (TPSA) is 74.6 Å². The zero-order valence-corrected chi connectivity index (χ0v) is 5.99. The third-order valence-electron chi connectivity index (χ3n) is 2.15. The highest BCUT2D eigenvalue weighted by Crippen LogP contribution is 2.31. The molecule has 1 aliphatic carbocycles. The highest BCUT2D eigenvalue weighted by Gasteiger charge is 2.37. The van der Waals surface area contributed by atoms with Crippen LogP contribution in [0.1, 0.15) is 19.3 Å². The van der Waals surface area contributed by atoms with Gasteiger partial charge >= 0.3 is 11.9 Å². The summed E-state index contributed by atoms with van der Waals surface area (Å²) in [7, 11) is 0. The van der Waals surface area contributed by atoms with Crippen LogP contribution in [0.25, 0.3) is 0 Å². The molecule has 0 amide bonds. The highest BCUT2D eigenvalue weighted by molar-refractivity contribution is 5.80. The first-order valence-corrected chi connectivity index (χ1v) is 3.58. The molecule has 0 heterocycles. The molecule has 0 aromatic heterocycles. The van der Waals surface area contributed by atoms with Crippen LogP contribution in [0.5, 0.6) is 0 Å². The smallest absolute Gasteiger partial charge is 0.307 e. The van der Waals surface area contributed by atoms with Gasteiger partial charge in [0.05, 0.1) is 11.8 Å². The Morgan fingerprint density at radius 2 is 1.36 bits per heavy atom. The second-order valence-electron chi connectivity index (χ2n) is 2.82. The van der Waals surface area contributed by atoms with Crippen LogP contribution in [0.4, 0.5) is 0 Å². The van der Waals surface area contributed by atoms with E-state index in [4.69, 9.17) is 10.2 Å². The Kier molecular flexibility index (Phi) is 2.12. The van der Waals surface area contributed by atoms with Gasteiger partial charge in [0.2, 0.25) is 0 Å². The quantitative estimate of drug-likeness (QED) is 0.616. The third kappa shape index (κ3) is 1.50. The standard InChI is InChI=1S/C7H10O4/c8-6(9)4-2-1-3-5(4)7(10)11/h4-5H,1-3H2,(H,8,9)(H,10,11). The zero-order valence-electron chi connectivity index (χ0n) is 5.99. The number of carbonyl (C=O) groups is 2. The van der Waals surface area contributed by atoms with Gasteiger partial charge in [-0.2, -0.15) is 0 Å². The molecule has 0 saturated heterocycles. The van der Waals surface area contributed by atoms with E-state index in [0.29, 0.717) is 19.3 Å². The van der Waals surface area contributed by atoms with E-state index in [1.165, 1.54) is 0 Å². The van der Waals surface area contributed by atoms with Crippen LogP contribution >= 0.6 is 0 Å². The molecular formula is C7H10O4. The molecule has 1 rings (SSSR count). The van der Waals surface area contributed by atoms with Gasteiger partial charge in [-0.05, 0) is 12.8 Å². The Balaban J connectivity index is 2.65. The van der Waals surface area contributed by atoms with Crippen molar-refractivity contribution in [3.05, 3.63) is 0 Å². The Labute approximate surface area is 63.8 Å². The molecule has 0 aromatic carbocycles. The van der Waals surface area contributed by atoms with Crippen molar-refractivity contribution in [3.63, 3.8) is 0 Å². The van der Waals surface area contributed by atoms with Crippen LogP contribution in [-0.4, -0.2) is 22.2 Å². The summed E-state index contributed by atoms with van der Waals surface area (Å²) in [4.78, 5) is 20.9. The Hall–Kier alpha value is -1.06. The molecule has 1 saturated carbocycles. The van der Waals surface area contributed by atoms with Crippen LogP contribution < -0.4 is 0 Å². The second kappa shape index (κ2) is 2.90. The molecule has 0 bridgehead atoms. The Morgan fingerprint density at radius 1 is 1.00 bits per heavy atom. The number of carboxylic acids is 2. The summed E-state index contributed by atoms with van der Waals surface area (Å²) in [6, 6.07) is 0. The average molecular weight is 158 g/mol. The van der Waals surface area contributed by atoms with Gasteiger partial charge < -0.3 is 10.2 Å². The number of hydrogen-bond donors (Lipinski definition) is 2. The monoisotopic (exact) mass is 158 g/mol. The lowest BCUT2D eigenvalue weighted by molar-refractivity contribution is -0.152. The number of aliphatic carboxylic acids is 2. The van der Waals surface area contributed by atoms with Crippen molar-refractivity contribution in [2.45, 2.75) is 19.3 Å². The fourth-order valence-electron chi connectivity index (χ4n) is 1.55. The maximum absolute atomic E-state index is 10.5. The summed E-state index contributed by atoms with van der Waals surface area (Å²) in [6.45, 7) is 0. The number of carboxylic acid groups (broad SMARTS) is 2. The van der Waals surface area contributed by atoms with Crippen molar-refractivity contribution in [1.29, 1.82) is 0 Å². The van der Waals surface area contributed by atoms with Gasteiger partial charge in [-0.15, -0.1) is 0 Å². The van der Waals surface area contributed by atoms with Crippen molar-refractivity contribution in [2.24, 2.45) is 11.8 Å². The van der Waals surface area contributed by atoms with Crippen LogP contribution in [0, 0.1) is 11.8 Å². The summed E-state index contributed by atoms with van der Waals surface area (Å²) in [6.07, 6.45) is 1.73. The molecule has 0 aromatic rings. The van der Waals surface area contributed by atoms with E-state index in [2.05, 4.69) is 0 Å². The third-order valence-corrected chi connectivity index (χ3v) is 2.15. The van der Waals surface area contributed by atoms with E-state index in [-0.39, 0.29) is 0 Å². The first-order chi connectivity index (χ1) is 5.13. The molecule has 0 spiro atoms. The normalized spacial score (nSPS) is 30.2. The molecule has 0 aliphatic heterocycles. The van der Waals surface area contributed by atoms with Gasteiger partial charge in [-0.1, -0.05) is 6.42 Å². The number of rotatable bonds is 2. The molecule has 4 nitrogen and oxygen atoms in total. The van der Waals surface area contributed by atoms with E-state index in [9.17, 15) is 9.59 Å². The predicted octanol–water partition coefficient (Wildman–Crippen LogP) is 0.572. The first kappa shape index (κ1) is 8.04. The van der Waals surface area contributed by atoms with E-state index >= 15 is 0 Å². The van der Waals surface area contributed by atoms with Crippen LogP contribution in [0.2, 0.25) is 0 Å². The van der Waals surface area contributed by atoms with Crippen LogP contribution in [-0.2, 0) is 9.59 Å². The summed E-state index contributed by atoms with van der Waals surface area (Å²) in [5.74, 6) is -3.27. The Morgan fingerprint density at radius 3 is 1.64 bits per heavy atom. The van der Waals surface area contributed by atoms with E-state index in [0.717, 1.165) is 0 Å². The van der Waals surface area contributed by atoms with Gasteiger partial charge in [0, 0.05) is 0 Å². The van der Waals surface area contributed by atoms with Crippen LogP contribution in [0.3, 0.4) is 0 Å². The fraction of sp³-hybridized carbons (Fsp3) is 0.714. The van der Waals surface area contributed by atoms with Gasteiger partial charge in [0.15, 0.2) is 0 Å². The highest BCUT2D eigenvalue weighted by atomic mass is 16.4. The van der Waals surface area contributed by atoms with E-state index in [1.54, 1.807) is 0 Å². The van der Waals surface area contributed by atoms with Crippen molar-refractivity contribution >= 4 is 11.9 Å². The molecule has 62 valence electrons. The minimum absolute atomic E-state index is 0.506. The lowest BCUT2D eigenvalue weighted by atomic mass is 9.97. The minimum Gasteiger partial charge on any atom is -0.481 e. The first-order valence-electron chi connectivity index (χ1n) is 3.58. The number of hydrogen-bond acceptors (Lipinski definition) is 2. The fourth-order valence-corrected chi connectivity index (χ4v) is 1.55. The molecular weight excluding hydrogens is 148 g/mol. The molecule has 11 heavy (non-hydrogen) atoms. The summed E-state index contributed by atoms with van der Waals surface area (Å²) >= 11 is 0. The molecule has 2 unspecified atom stereocenters. The van der Waals surface area contributed by atoms with Crippen molar-refractivity contribution in [2.75, 3.05) is 0 Å². The molecule has 1 aliphatic rings. The average Bonchev–Trinajstić information content (AvgIpc) is 2.32. The SMILES string of the molecule is O=C(O)C1CCCC1C(=O)O.